The molecule has 128 valence electrons. The quantitative estimate of drug-likeness (QED) is 0.427. The van der Waals surface area contributed by atoms with Crippen molar-refractivity contribution in [2.75, 3.05) is 13.2 Å². The summed E-state index contributed by atoms with van der Waals surface area (Å²) in [4.78, 5) is 12.7. The molecule has 3 fully saturated rings. The maximum absolute atomic E-state index is 12.7. The molecule has 0 radical (unpaired) electrons. The number of fused-ring (bicyclic) bond motifs is 9. The van der Waals surface area contributed by atoms with Crippen molar-refractivity contribution in [2.45, 2.75) is 51.8 Å². The molecule has 2 heterocycles. The molecule has 5 heteroatoms. The average molecular weight is 322 g/mol. The van der Waals surface area contributed by atoms with E-state index in [2.05, 4.69) is 12.2 Å². The van der Waals surface area contributed by atoms with Crippen LogP contribution in [0.5, 0.6) is 0 Å². The van der Waals surface area contributed by atoms with Gasteiger partial charge in [0, 0.05) is 6.92 Å². The van der Waals surface area contributed by atoms with Gasteiger partial charge in [0.05, 0.1) is 31.3 Å². The summed E-state index contributed by atoms with van der Waals surface area (Å²) in [6, 6.07) is 0. The summed E-state index contributed by atoms with van der Waals surface area (Å²) in [5, 5.41) is 0. The molecule has 4 aliphatic rings. The average Bonchev–Trinajstić information content (AvgIpc) is 3.25. The molecule has 7 atom stereocenters. The van der Waals surface area contributed by atoms with Crippen molar-refractivity contribution in [2.24, 2.45) is 29.6 Å². The van der Waals surface area contributed by atoms with Crippen LogP contribution in [0.4, 0.5) is 0 Å². The van der Waals surface area contributed by atoms with Crippen molar-refractivity contribution in [3.63, 3.8) is 0 Å². The number of carbonyl (C=O) groups is 1. The van der Waals surface area contributed by atoms with Crippen molar-refractivity contribution < 1.29 is 23.7 Å². The van der Waals surface area contributed by atoms with Crippen LogP contribution in [-0.2, 0) is 23.7 Å². The maximum atomic E-state index is 12.7. The van der Waals surface area contributed by atoms with Crippen LogP contribution in [0.15, 0.2) is 12.2 Å². The van der Waals surface area contributed by atoms with E-state index in [4.69, 9.17) is 18.9 Å². The number of hydrogen-bond acceptors (Lipinski definition) is 5. The maximum Gasteiger partial charge on any atom is 0.326 e. The fraction of sp³-hybridized carbons (Fsp3) is 0.833. The summed E-state index contributed by atoms with van der Waals surface area (Å²) in [7, 11) is 0. The SMILES string of the molecule is CCOC(C)(OCC)OC(=O)C1CC2OC1C1C3C=CC(C3)C21. The van der Waals surface area contributed by atoms with E-state index in [0.29, 0.717) is 36.9 Å². The summed E-state index contributed by atoms with van der Waals surface area (Å²) in [6.45, 7) is 6.23. The van der Waals surface area contributed by atoms with E-state index >= 15 is 0 Å². The van der Waals surface area contributed by atoms with Crippen LogP contribution >= 0.6 is 0 Å². The van der Waals surface area contributed by atoms with Crippen LogP contribution in [0.25, 0.3) is 0 Å². The van der Waals surface area contributed by atoms with Crippen molar-refractivity contribution in [1.82, 2.24) is 0 Å². The van der Waals surface area contributed by atoms with Crippen LogP contribution in [0, 0.1) is 29.6 Å². The number of rotatable bonds is 6. The molecule has 2 aliphatic heterocycles. The van der Waals surface area contributed by atoms with Crippen molar-refractivity contribution in [1.29, 1.82) is 0 Å². The van der Waals surface area contributed by atoms with Crippen molar-refractivity contribution in [3.05, 3.63) is 12.2 Å². The smallest absolute Gasteiger partial charge is 0.326 e. The highest BCUT2D eigenvalue weighted by Gasteiger charge is 2.64. The highest BCUT2D eigenvalue weighted by Crippen LogP contribution is 2.61. The molecule has 1 saturated carbocycles. The number of allylic oxidation sites excluding steroid dienone is 2. The second-order valence-electron chi connectivity index (χ2n) is 7.23. The molecular formula is C18H26O5. The molecule has 0 spiro atoms. The molecule has 2 saturated heterocycles. The Balaban J connectivity index is 1.45. The monoisotopic (exact) mass is 322 g/mol. The first kappa shape index (κ1) is 15.6. The normalized spacial score (nSPS) is 43.2. The number of esters is 1. The minimum absolute atomic E-state index is 0.00459. The molecule has 0 aromatic rings. The van der Waals surface area contributed by atoms with Gasteiger partial charge >= 0.3 is 11.9 Å². The van der Waals surface area contributed by atoms with Crippen LogP contribution in [0.1, 0.15) is 33.6 Å². The molecule has 5 nitrogen and oxygen atoms in total. The summed E-state index contributed by atoms with van der Waals surface area (Å²) in [5.41, 5.74) is 0. The van der Waals surface area contributed by atoms with Gasteiger partial charge in [-0.2, -0.15) is 0 Å². The van der Waals surface area contributed by atoms with E-state index in [-0.39, 0.29) is 24.1 Å². The molecule has 0 N–H and O–H groups in total. The van der Waals surface area contributed by atoms with Crippen LogP contribution in [-0.4, -0.2) is 37.4 Å². The van der Waals surface area contributed by atoms with Crippen molar-refractivity contribution in [3.8, 4) is 0 Å². The van der Waals surface area contributed by atoms with E-state index < -0.39 is 5.97 Å². The largest absolute Gasteiger partial charge is 0.408 e. The minimum Gasteiger partial charge on any atom is -0.408 e. The van der Waals surface area contributed by atoms with Gasteiger partial charge in [0.1, 0.15) is 0 Å². The zero-order valence-corrected chi connectivity index (χ0v) is 14.1. The summed E-state index contributed by atoms with van der Waals surface area (Å²) < 4.78 is 22.8. The van der Waals surface area contributed by atoms with Gasteiger partial charge in [-0.3, -0.25) is 4.79 Å². The fourth-order valence-electron chi connectivity index (χ4n) is 5.34. The zero-order chi connectivity index (χ0) is 16.2. The van der Waals surface area contributed by atoms with Crippen LogP contribution in [0.3, 0.4) is 0 Å². The van der Waals surface area contributed by atoms with Crippen LogP contribution in [0.2, 0.25) is 0 Å². The second kappa shape index (κ2) is 5.57. The van der Waals surface area contributed by atoms with Gasteiger partial charge in [-0.05, 0) is 50.4 Å². The molecule has 4 rings (SSSR count). The lowest BCUT2D eigenvalue weighted by Gasteiger charge is -2.34. The number of carbonyl (C=O) groups excluding carboxylic acids is 1. The van der Waals surface area contributed by atoms with E-state index in [0.717, 1.165) is 6.42 Å². The fourth-order valence-corrected chi connectivity index (χ4v) is 5.34. The van der Waals surface area contributed by atoms with Gasteiger partial charge in [0.15, 0.2) is 0 Å². The third kappa shape index (κ3) is 2.36. The second-order valence-corrected chi connectivity index (χ2v) is 7.23. The zero-order valence-electron chi connectivity index (χ0n) is 14.1. The van der Waals surface area contributed by atoms with E-state index in [1.165, 1.54) is 6.42 Å². The Kier molecular flexibility index (Phi) is 3.78. The van der Waals surface area contributed by atoms with E-state index in [1.54, 1.807) is 6.92 Å². The van der Waals surface area contributed by atoms with Gasteiger partial charge < -0.3 is 18.9 Å². The summed E-state index contributed by atoms with van der Waals surface area (Å²) in [6.07, 6.45) is 6.91. The van der Waals surface area contributed by atoms with Gasteiger partial charge in [0.2, 0.25) is 0 Å². The minimum atomic E-state index is -1.30. The van der Waals surface area contributed by atoms with Gasteiger partial charge in [-0.15, -0.1) is 0 Å². The highest BCUT2D eigenvalue weighted by molar-refractivity contribution is 5.74. The van der Waals surface area contributed by atoms with E-state index in [9.17, 15) is 4.79 Å². The molecule has 0 amide bonds. The lowest BCUT2D eigenvalue weighted by molar-refractivity contribution is -0.351. The molecule has 2 aliphatic carbocycles. The van der Waals surface area contributed by atoms with Gasteiger partial charge in [-0.25, -0.2) is 0 Å². The first-order chi connectivity index (χ1) is 11.1. The molecule has 7 unspecified atom stereocenters. The number of ether oxygens (including phenoxy) is 4. The van der Waals surface area contributed by atoms with E-state index in [1.807, 2.05) is 13.8 Å². The Hall–Kier alpha value is -0.910. The Morgan fingerprint density at radius 3 is 2.43 bits per heavy atom. The third-order valence-electron chi connectivity index (χ3n) is 6.01. The molecule has 0 aromatic heterocycles. The summed E-state index contributed by atoms with van der Waals surface area (Å²) >= 11 is 0. The Bertz CT molecular complexity index is 510. The molecule has 4 bridgehead atoms. The lowest BCUT2D eigenvalue weighted by Crippen LogP contribution is -2.44. The predicted molar refractivity (Wildman–Crippen MR) is 82.2 cm³/mol. The Labute approximate surface area is 137 Å². The topological polar surface area (TPSA) is 54.0 Å². The molecular weight excluding hydrogens is 296 g/mol. The number of hydrogen-bond donors (Lipinski definition) is 0. The van der Waals surface area contributed by atoms with Crippen molar-refractivity contribution >= 4 is 5.97 Å². The third-order valence-corrected chi connectivity index (χ3v) is 6.01. The Morgan fingerprint density at radius 1 is 1.13 bits per heavy atom. The Morgan fingerprint density at radius 2 is 1.78 bits per heavy atom. The standard InChI is InChI=1S/C18H26O5/c1-4-20-18(3,21-5-2)23-17(19)12-9-13-14-10-6-7-11(8-10)15(14)16(12)22-13/h6-7,10-16H,4-5,8-9H2,1-3H3. The lowest BCUT2D eigenvalue weighted by atomic mass is 9.69. The first-order valence-electron chi connectivity index (χ1n) is 8.91. The highest BCUT2D eigenvalue weighted by atomic mass is 16.9. The first-order valence-corrected chi connectivity index (χ1v) is 8.91. The van der Waals surface area contributed by atoms with Gasteiger partial charge in [-0.1, -0.05) is 12.2 Å². The van der Waals surface area contributed by atoms with Gasteiger partial charge in [0.25, 0.3) is 0 Å². The molecule has 23 heavy (non-hydrogen) atoms. The molecule has 0 aromatic carbocycles. The summed E-state index contributed by atoms with van der Waals surface area (Å²) in [5.74, 6) is 0.628. The predicted octanol–water partition coefficient (Wildman–Crippen LogP) is 2.50. The van der Waals surface area contributed by atoms with Crippen LogP contribution < -0.4 is 0 Å².